The average Bonchev–Trinajstić information content (AvgIpc) is 2.30. The summed E-state index contributed by atoms with van der Waals surface area (Å²) in [7, 11) is 0. The smallest absolute Gasteiger partial charge is 0.335 e. The summed E-state index contributed by atoms with van der Waals surface area (Å²) in [4.78, 5) is 15.3. The van der Waals surface area contributed by atoms with Crippen molar-refractivity contribution in [2.45, 2.75) is 13.8 Å². The molecule has 1 aromatic carbocycles. The molecule has 0 atom stereocenters. The highest BCUT2D eigenvalue weighted by Gasteiger charge is 2.11. The van der Waals surface area contributed by atoms with Gasteiger partial charge in [-0.25, -0.2) is 4.79 Å². The molecule has 3 nitrogen and oxygen atoms in total. The van der Waals surface area contributed by atoms with Crippen LogP contribution in [0.3, 0.4) is 0 Å². The molecule has 0 amide bonds. The van der Waals surface area contributed by atoms with Crippen molar-refractivity contribution in [1.82, 2.24) is 4.98 Å². The fraction of sp³-hybridized carbons (Fsp3) is 0.143. The van der Waals surface area contributed by atoms with Crippen LogP contribution in [0.15, 0.2) is 36.5 Å². The molecule has 3 heteroatoms. The van der Waals surface area contributed by atoms with E-state index >= 15 is 0 Å². The van der Waals surface area contributed by atoms with Gasteiger partial charge in [0.1, 0.15) is 0 Å². The highest BCUT2D eigenvalue weighted by atomic mass is 16.4. The third kappa shape index (κ3) is 2.18. The van der Waals surface area contributed by atoms with Crippen LogP contribution in [0.1, 0.15) is 21.6 Å². The third-order valence-electron chi connectivity index (χ3n) is 2.79. The fourth-order valence-corrected chi connectivity index (χ4v) is 1.81. The number of carboxylic acid groups (broad SMARTS) is 1. The second-order valence-electron chi connectivity index (χ2n) is 3.97. The van der Waals surface area contributed by atoms with E-state index in [1.165, 1.54) is 0 Å². The largest absolute Gasteiger partial charge is 0.478 e. The zero-order valence-electron chi connectivity index (χ0n) is 9.77. The van der Waals surface area contributed by atoms with E-state index in [1.807, 2.05) is 32.0 Å². The van der Waals surface area contributed by atoms with E-state index in [0.717, 1.165) is 22.4 Å². The van der Waals surface area contributed by atoms with E-state index in [2.05, 4.69) is 4.98 Å². The molecule has 0 bridgehead atoms. The Morgan fingerprint density at radius 2 is 1.94 bits per heavy atom. The summed E-state index contributed by atoms with van der Waals surface area (Å²) in [5, 5.41) is 9.07. The van der Waals surface area contributed by atoms with Gasteiger partial charge in [-0.1, -0.05) is 18.2 Å². The Morgan fingerprint density at radius 3 is 2.53 bits per heavy atom. The zero-order chi connectivity index (χ0) is 12.4. The van der Waals surface area contributed by atoms with Gasteiger partial charge in [0, 0.05) is 17.5 Å². The SMILES string of the molecule is Cc1ccc(-c2cccc(C(=O)O)c2C)cn1. The molecule has 0 unspecified atom stereocenters. The molecule has 0 fully saturated rings. The fourth-order valence-electron chi connectivity index (χ4n) is 1.81. The number of aromatic carboxylic acids is 1. The number of nitrogens with zero attached hydrogens (tertiary/aromatic N) is 1. The van der Waals surface area contributed by atoms with Crippen LogP contribution in [0, 0.1) is 13.8 Å². The van der Waals surface area contributed by atoms with E-state index in [9.17, 15) is 4.79 Å². The van der Waals surface area contributed by atoms with Crippen LogP contribution in [0.2, 0.25) is 0 Å². The lowest BCUT2D eigenvalue weighted by molar-refractivity contribution is 0.0696. The van der Waals surface area contributed by atoms with Crippen LogP contribution in [0.25, 0.3) is 11.1 Å². The van der Waals surface area contributed by atoms with Gasteiger partial charge in [0.05, 0.1) is 5.56 Å². The molecule has 0 radical (unpaired) electrons. The zero-order valence-corrected chi connectivity index (χ0v) is 9.77. The van der Waals surface area contributed by atoms with E-state index in [-0.39, 0.29) is 0 Å². The van der Waals surface area contributed by atoms with Crippen LogP contribution in [-0.4, -0.2) is 16.1 Å². The summed E-state index contributed by atoms with van der Waals surface area (Å²) in [5.41, 5.74) is 3.91. The predicted molar refractivity (Wildman–Crippen MR) is 66.1 cm³/mol. The van der Waals surface area contributed by atoms with Crippen molar-refractivity contribution in [3.63, 3.8) is 0 Å². The number of hydrogen-bond acceptors (Lipinski definition) is 2. The van der Waals surface area contributed by atoms with Gasteiger partial charge in [0.2, 0.25) is 0 Å². The summed E-state index contributed by atoms with van der Waals surface area (Å²) < 4.78 is 0. The Morgan fingerprint density at radius 1 is 1.18 bits per heavy atom. The molecule has 0 aliphatic carbocycles. The Balaban J connectivity index is 2.56. The van der Waals surface area contributed by atoms with Gasteiger partial charge in [-0.3, -0.25) is 4.98 Å². The maximum atomic E-state index is 11.0. The molecule has 1 N–H and O–H groups in total. The first-order valence-electron chi connectivity index (χ1n) is 5.35. The monoisotopic (exact) mass is 227 g/mol. The molecule has 2 rings (SSSR count). The minimum Gasteiger partial charge on any atom is -0.478 e. The average molecular weight is 227 g/mol. The van der Waals surface area contributed by atoms with Crippen molar-refractivity contribution in [1.29, 1.82) is 0 Å². The minimum absolute atomic E-state index is 0.336. The van der Waals surface area contributed by atoms with Crippen molar-refractivity contribution in [3.05, 3.63) is 53.3 Å². The molecular formula is C14H13NO2. The van der Waals surface area contributed by atoms with E-state index < -0.39 is 5.97 Å². The van der Waals surface area contributed by atoms with E-state index in [0.29, 0.717) is 5.56 Å². The normalized spacial score (nSPS) is 10.2. The van der Waals surface area contributed by atoms with Crippen molar-refractivity contribution < 1.29 is 9.90 Å². The van der Waals surface area contributed by atoms with Crippen molar-refractivity contribution in [3.8, 4) is 11.1 Å². The second kappa shape index (κ2) is 4.37. The third-order valence-corrected chi connectivity index (χ3v) is 2.79. The molecule has 2 aromatic rings. The van der Waals surface area contributed by atoms with Crippen molar-refractivity contribution in [2.75, 3.05) is 0 Å². The highest BCUT2D eigenvalue weighted by Crippen LogP contribution is 2.25. The summed E-state index contributed by atoms with van der Waals surface area (Å²) in [6.07, 6.45) is 1.77. The van der Waals surface area contributed by atoms with Crippen LogP contribution in [0.4, 0.5) is 0 Å². The molecule has 0 saturated heterocycles. The predicted octanol–water partition coefficient (Wildman–Crippen LogP) is 3.06. The molecule has 0 aliphatic heterocycles. The summed E-state index contributed by atoms with van der Waals surface area (Å²) in [6, 6.07) is 9.15. The summed E-state index contributed by atoms with van der Waals surface area (Å²) in [6.45, 7) is 3.74. The molecule has 0 aliphatic rings. The molecule has 86 valence electrons. The molecule has 0 spiro atoms. The van der Waals surface area contributed by atoms with Crippen LogP contribution >= 0.6 is 0 Å². The number of benzene rings is 1. The Hall–Kier alpha value is -2.16. The van der Waals surface area contributed by atoms with Gasteiger partial charge in [-0.2, -0.15) is 0 Å². The topological polar surface area (TPSA) is 50.2 Å². The first kappa shape index (κ1) is 11.3. The number of aryl methyl sites for hydroxylation is 1. The van der Waals surface area contributed by atoms with Gasteiger partial charge < -0.3 is 5.11 Å². The van der Waals surface area contributed by atoms with Crippen LogP contribution in [0.5, 0.6) is 0 Å². The highest BCUT2D eigenvalue weighted by molar-refractivity contribution is 5.91. The summed E-state index contributed by atoms with van der Waals surface area (Å²) in [5.74, 6) is -0.899. The Bertz CT molecular complexity index is 559. The number of carboxylic acids is 1. The van der Waals surface area contributed by atoms with Crippen LogP contribution < -0.4 is 0 Å². The number of rotatable bonds is 2. The van der Waals surface area contributed by atoms with E-state index in [1.54, 1.807) is 18.3 Å². The van der Waals surface area contributed by atoms with Gasteiger partial charge in [-0.05, 0) is 37.1 Å². The number of pyridine rings is 1. The molecule has 1 heterocycles. The lowest BCUT2D eigenvalue weighted by Gasteiger charge is -2.08. The van der Waals surface area contributed by atoms with Gasteiger partial charge in [-0.15, -0.1) is 0 Å². The minimum atomic E-state index is -0.899. The maximum Gasteiger partial charge on any atom is 0.335 e. The Labute approximate surface area is 99.8 Å². The number of hydrogen-bond donors (Lipinski definition) is 1. The quantitative estimate of drug-likeness (QED) is 0.857. The summed E-state index contributed by atoms with van der Waals surface area (Å²) >= 11 is 0. The number of aromatic nitrogens is 1. The first-order valence-corrected chi connectivity index (χ1v) is 5.35. The van der Waals surface area contributed by atoms with Crippen molar-refractivity contribution in [2.24, 2.45) is 0 Å². The lowest BCUT2D eigenvalue weighted by atomic mass is 9.97. The van der Waals surface area contributed by atoms with Gasteiger partial charge >= 0.3 is 5.97 Å². The maximum absolute atomic E-state index is 11.0. The standard InChI is InChI=1S/C14H13NO2/c1-9-6-7-11(8-15-9)12-4-3-5-13(10(12)2)14(16)17/h3-8H,1-2H3,(H,16,17). The van der Waals surface area contributed by atoms with Crippen LogP contribution in [-0.2, 0) is 0 Å². The van der Waals surface area contributed by atoms with E-state index in [4.69, 9.17) is 5.11 Å². The van der Waals surface area contributed by atoms with Crippen molar-refractivity contribution >= 4 is 5.97 Å². The second-order valence-corrected chi connectivity index (χ2v) is 3.97. The molecule has 1 aromatic heterocycles. The lowest BCUT2D eigenvalue weighted by Crippen LogP contribution is -2.00. The first-order chi connectivity index (χ1) is 8.09. The molecular weight excluding hydrogens is 214 g/mol. The molecule has 17 heavy (non-hydrogen) atoms. The van der Waals surface area contributed by atoms with Gasteiger partial charge in [0.15, 0.2) is 0 Å². The number of carbonyl (C=O) groups is 1. The molecule has 0 saturated carbocycles. The van der Waals surface area contributed by atoms with Gasteiger partial charge in [0.25, 0.3) is 0 Å². The Kier molecular flexibility index (Phi) is 2.91.